The Kier molecular flexibility index (Phi) is 3.93. The predicted octanol–water partition coefficient (Wildman–Crippen LogP) is 1.74. The van der Waals surface area contributed by atoms with Gasteiger partial charge in [0.1, 0.15) is 5.76 Å². The lowest BCUT2D eigenvalue weighted by atomic mass is 10.0. The first-order valence-corrected chi connectivity index (χ1v) is 5.43. The molecule has 0 spiro atoms. The third-order valence-electron chi connectivity index (χ3n) is 2.75. The molecule has 94 valence electrons. The van der Waals surface area contributed by atoms with Crippen LogP contribution in [-0.2, 0) is 4.79 Å². The minimum Gasteiger partial charge on any atom is -0.481 e. The van der Waals surface area contributed by atoms with Crippen molar-refractivity contribution in [1.29, 1.82) is 0 Å². The van der Waals surface area contributed by atoms with Crippen LogP contribution in [0.2, 0.25) is 0 Å². The van der Waals surface area contributed by atoms with E-state index in [2.05, 4.69) is 5.32 Å². The predicted molar refractivity (Wildman–Crippen MR) is 61.9 cm³/mol. The molecular formula is C12H17NO4. The van der Waals surface area contributed by atoms with E-state index in [1.807, 2.05) is 0 Å². The minimum atomic E-state index is -0.940. The standard InChI is InChI=1S/C12H17NO4/c1-6-5-7(2)17-10(6)11(14)13-9(4)8(3)12(15)16/h5,8-9H,1-4H3,(H,13,14)(H,15,16). The van der Waals surface area contributed by atoms with E-state index in [9.17, 15) is 9.59 Å². The molecule has 0 saturated heterocycles. The van der Waals surface area contributed by atoms with Crippen molar-refractivity contribution in [2.24, 2.45) is 5.92 Å². The van der Waals surface area contributed by atoms with Crippen LogP contribution in [0.4, 0.5) is 0 Å². The zero-order valence-corrected chi connectivity index (χ0v) is 10.4. The van der Waals surface area contributed by atoms with Gasteiger partial charge in [-0.3, -0.25) is 9.59 Å². The summed E-state index contributed by atoms with van der Waals surface area (Å²) >= 11 is 0. The Bertz CT molecular complexity index is 436. The first-order chi connectivity index (χ1) is 7.82. The van der Waals surface area contributed by atoms with Gasteiger partial charge in [0, 0.05) is 11.6 Å². The second-order valence-electron chi connectivity index (χ2n) is 4.26. The highest BCUT2D eigenvalue weighted by Gasteiger charge is 2.23. The third-order valence-corrected chi connectivity index (χ3v) is 2.75. The normalized spacial score (nSPS) is 14.1. The van der Waals surface area contributed by atoms with Crippen molar-refractivity contribution in [1.82, 2.24) is 5.32 Å². The van der Waals surface area contributed by atoms with Gasteiger partial charge in [0.2, 0.25) is 0 Å². The average molecular weight is 239 g/mol. The first kappa shape index (κ1) is 13.3. The third kappa shape index (κ3) is 3.09. The minimum absolute atomic E-state index is 0.243. The molecule has 0 aromatic carbocycles. The number of amides is 1. The van der Waals surface area contributed by atoms with Gasteiger partial charge in [-0.2, -0.15) is 0 Å². The molecule has 0 radical (unpaired) electrons. The van der Waals surface area contributed by atoms with Crippen molar-refractivity contribution < 1.29 is 19.1 Å². The number of furan rings is 1. The average Bonchev–Trinajstić information content (AvgIpc) is 2.56. The maximum absolute atomic E-state index is 11.8. The Hall–Kier alpha value is -1.78. The van der Waals surface area contributed by atoms with Crippen molar-refractivity contribution >= 4 is 11.9 Å². The van der Waals surface area contributed by atoms with Crippen LogP contribution in [0.15, 0.2) is 10.5 Å². The van der Waals surface area contributed by atoms with Crippen LogP contribution in [0, 0.1) is 19.8 Å². The number of aryl methyl sites for hydroxylation is 2. The molecule has 0 saturated carbocycles. The highest BCUT2D eigenvalue weighted by Crippen LogP contribution is 2.14. The molecule has 5 heteroatoms. The van der Waals surface area contributed by atoms with E-state index < -0.39 is 17.9 Å². The van der Waals surface area contributed by atoms with E-state index in [0.717, 1.165) is 5.56 Å². The molecule has 0 aliphatic carbocycles. The van der Waals surface area contributed by atoms with Gasteiger partial charge in [0.15, 0.2) is 5.76 Å². The molecule has 1 heterocycles. The van der Waals surface area contributed by atoms with Gasteiger partial charge < -0.3 is 14.8 Å². The summed E-state index contributed by atoms with van der Waals surface area (Å²) in [7, 11) is 0. The highest BCUT2D eigenvalue weighted by molar-refractivity contribution is 5.93. The Morgan fingerprint density at radius 1 is 1.35 bits per heavy atom. The highest BCUT2D eigenvalue weighted by atomic mass is 16.4. The number of hydrogen-bond donors (Lipinski definition) is 2. The van der Waals surface area contributed by atoms with Gasteiger partial charge in [-0.25, -0.2) is 0 Å². The Labute approximate surface area is 99.8 Å². The molecule has 17 heavy (non-hydrogen) atoms. The summed E-state index contributed by atoms with van der Waals surface area (Å²) in [6.45, 7) is 6.74. The Morgan fingerprint density at radius 3 is 2.35 bits per heavy atom. The fraction of sp³-hybridized carbons (Fsp3) is 0.500. The lowest BCUT2D eigenvalue weighted by Gasteiger charge is -2.17. The smallest absolute Gasteiger partial charge is 0.308 e. The van der Waals surface area contributed by atoms with Crippen molar-refractivity contribution in [3.05, 3.63) is 23.2 Å². The van der Waals surface area contributed by atoms with Crippen LogP contribution >= 0.6 is 0 Å². The molecule has 1 aromatic rings. The number of aliphatic carboxylic acids is 1. The summed E-state index contributed by atoms with van der Waals surface area (Å²) in [5.41, 5.74) is 0.746. The molecule has 0 fully saturated rings. The van der Waals surface area contributed by atoms with E-state index in [-0.39, 0.29) is 11.7 Å². The van der Waals surface area contributed by atoms with E-state index >= 15 is 0 Å². The van der Waals surface area contributed by atoms with Gasteiger partial charge >= 0.3 is 5.97 Å². The van der Waals surface area contributed by atoms with E-state index in [1.165, 1.54) is 0 Å². The molecule has 1 rings (SSSR count). The maximum atomic E-state index is 11.8. The van der Waals surface area contributed by atoms with Crippen LogP contribution in [0.1, 0.15) is 35.7 Å². The number of nitrogens with one attached hydrogen (secondary N) is 1. The van der Waals surface area contributed by atoms with Gasteiger partial charge in [0.25, 0.3) is 5.91 Å². The molecule has 1 amide bonds. The number of carboxylic acid groups (broad SMARTS) is 1. The number of carboxylic acids is 1. The molecule has 0 aliphatic heterocycles. The topological polar surface area (TPSA) is 79.5 Å². The van der Waals surface area contributed by atoms with Crippen LogP contribution in [0.5, 0.6) is 0 Å². The Morgan fingerprint density at radius 2 is 1.94 bits per heavy atom. The summed E-state index contributed by atoms with van der Waals surface area (Å²) < 4.78 is 5.26. The van der Waals surface area contributed by atoms with E-state index in [0.29, 0.717) is 5.76 Å². The Balaban J connectivity index is 2.73. The molecule has 1 aromatic heterocycles. The number of carbonyl (C=O) groups excluding carboxylic acids is 1. The molecular weight excluding hydrogens is 222 g/mol. The zero-order chi connectivity index (χ0) is 13.2. The lowest BCUT2D eigenvalue weighted by Crippen LogP contribution is -2.40. The van der Waals surface area contributed by atoms with Crippen LogP contribution in [-0.4, -0.2) is 23.0 Å². The monoisotopic (exact) mass is 239 g/mol. The summed E-state index contributed by atoms with van der Waals surface area (Å²) in [6, 6.07) is 1.31. The lowest BCUT2D eigenvalue weighted by molar-refractivity contribution is -0.141. The molecule has 2 unspecified atom stereocenters. The van der Waals surface area contributed by atoms with Gasteiger partial charge in [-0.05, 0) is 33.8 Å². The van der Waals surface area contributed by atoms with Crippen molar-refractivity contribution in [2.45, 2.75) is 33.7 Å². The molecule has 0 bridgehead atoms. The maximum Gasteiger partial charge on any atom is 0.308 e. The molecule has 5 nitrogen and oxygen atoms in total. The molecule has 0 aliphatic rings. The fourth-order valence-electron chi connectivity index (χ4n) is 1.48. The van der Waals surface area contributed by atoms with Crippen LogP contribution in [0.25, 0.3) is 0 Å². The number of carbonyl (C=O) groups is 2. The van der Waals surface area contributed by atoms with Crippen LogP contribution < -0.4 is 5.32 Å². The quantitative estimate of drug-likeness (QED) is 0.838. The molecule has 2 N–H and O–H groups in total. The first-order valence-electron chi connectivity index (χ1n) is 5.43. The summed E-state index contributed by atoms with van der Waals surface area (Å²) in [6.07, 6.45) is 0. The number of rotatable bonds is 4. The van der Waals surface area contributed by atoms with Crippen molar-refractivity contribution in [3.8, 4) is 0 Å². The second kappa shape index (κ2) is 5.03. The number of hydrogen-bond acceptors (Lipinski definition) is 3. The fourth-order valence-corrected chi connectivity index (χ4v) is 1.48. The van der Waals surface area contributed by atoms with Crippen molar-refractivity contribution in [2.75, 3.05) is 0 Å². The SMILES string of the molecule is Cc1cc(C)c(C(=O)NC(C)C(C)C(=O)O)o1. The summed E-state index contributed by atoms with van der Waals surface area (Å²) in [4.78, 5) is 22.6. The largest absolute Gasteiger partial charge is 0.481 e. The van der Waals surface area contributed by atoms with E-state index in [1.54, 1.807) is 33.8 Å². The zero-order valence-electron chi connectivity index (χ0n) is 10.4. The van der Waals surface area contributed by atoms with Gasteiger partial charge in [-0.1, -0.05) is 0 Å². The van der Waals surface area contributed by atoms with Gasteiger partial charge in [-0.15, -0.1) is 0 Å². The summed E-state index contributed by atoms with van der Waals surface area (Å²) in [5, 5.41) is 11.4. The second-order valence-corrected chi connectivity index (χ2v) is 4.26. The van der Waals surface area contributed by atoms with E-state index in [4.69, 9.17) is 9.52 Å². The van der Waals surface area contributed by atoms with Crippen molar-refractivity contribution in [3.63, 3.8) is 0 Å². The van der Waals surface area contributed by atoms with Gasteiger partial charge in [0.05, 0.1) is 5.92 Å². The summed E-state index contributed by atoms with van der Waals surface area (Å²) in [5.74, 6) is -1.06. The molecule has 2 atom stereocenters. The van der Waals surface area contributed by atoms with Crippen LogP contribution in [0.3, 0.4) is 0 Å².